The largest absolute Gasteiger partial charge is 0.496 e. The van der Waals surface area contributed by atoms with Gasteiger partial charge in [0.05, 0.1) is 7.11 Å². The Bertz CT molecular complexity index is 377. The molecule has 18 heavy (non-hydrogen) atoms. The Hall–Kier alpha value is -1.06. The number of benzene rings is 1. The molecule has 0 saturated heterocycles. The van der Waals surface area contributed by atoms with Gasteiger partial charge in [-0.15, -0.1) is 0 Å². The lowest BCUT2D eigenvalue weighted by molar-refractivity contribution is 0.166. The zero-order valence-electron chi connectivity index (χ0n) is 12.2. The molecule has 1 unspecified atom stereocenters. The van der Waals surface area contributed by atoms with E-state index in [9.17, 15) is 0 Å². The molecule has 0 aliphatic heterocycles. The molecule has 0 amide bonds. The molecule has 1 atom stereocenters. The summed E-state index contributed by atoms with van der Waals surface area (Å²) in [6.45, 7) is 10.3. The molecule has 0 heterocycles. The third-order valence-electron chi connectivity index (χ3n) is 3.46. The van der Waals surface area contributed by atoms with Crippen LogP contribution in [0, 0.1) is 6.92 Å². The van der Waals surface area contributed by atoms with E-state index >= 15 is 0 Å². The average molecular weight is 250 g/mol. The highest BCUT2D eigenvalue weighted by atomic mass is 16.5. The van der Waals surface area contributed by atoms with Crippen LogP contribution in [0.2, 0.25) is 0 Å². The molecule has 0 radical (unpaired) electrons. The zero-order valence-corrected chi connectivity index (χ0v) is 12.2. The second-order valence-electron chi connectivity index (χ2n) is 4.90. The summed E-state index contributed by atoms with van der Waals surface area (Å²) >= 11 is 0. The number of hydrogen-bond donors (Lipinski definition) is 1. The van der Waals surface area contributed by atoms with Gasteiger partial charge >= 0.3 is 0 Å². The molecule has 3 nitrogen and oxygen atoms in total. The monoisotopic (exact) mass is 250 g/mol. The van der Waals surface area contributed by atoms with Crippen LogP contribution in [0.5, 0.6) is 5.75 Å². The van der Waals surface area contributed by atoms with Crippen molar-refractivity contribution in [2.45, 2.75) is 39.8 Å². The van der Waals surface area contributed by atoms with Crippen molar-refractivity contribution >= 4 is 0 Å². The summed E-state index contributed by atoms with van der Waals surface area (Å²) in [6.07, 6.45) is 0. The molecular weight excluding hydrogens is 224 g/mol. The lowest BCUT2D eigenvalue weighted by atomic mass is 10.0. The Morgan fingerprint density at radius 1 is 1.33 bits per heavy atom. The number of nitrogens with two attached hydrogens (primary N) is 1. The molecule has 102 valence electrons. The number of rotatable bonds is 6. The van der Waals surface area contributed by atoms with Crippen LogP contribution in [0.15, 0.2) is 18.2 Å². The highest BCUT2D eigenvalue weighted by molar-refractivity contribution is 5.37. The molecule has 2 N–H and O–H groups in total. The first kappa shape index (κ1) is 15.0. The third kappa shape index (κ3) is 3.24. The summed E-state index contributed by atoms with van der Waals surface area (Å²) < 4.78 is 5.30. The molecule has 3 heteroatoms. The molecule has 0 saturated carbocycles. The Morgan fingerprint density at radius 2 is 2.00 bits per heavy atom. The standard InChI is InChI=1S/C15H26N2O/c1-6-17(11(2)3)14(10-16)13-7-8-15(18-5)12(4)9-13/h7-9,11,14H,6,10,16H2,1-5H3. The van der Waals surface area contributed by atoms with Crippen LogP contribution in [0.1, 0.15) is 37.9 Å². The van der Waals surface area contributed by atoms with Crippen molar-refractivity contribution in [1.29, 1.82) is 0 Å². The fourth-order valence-corrected chi connectivity index (χ4v) is 2.52. The Balaban J connectivity index is 3.05. The molecule has 1 rings (SSSR count). The lowest BCUT2D eigenvalue weighted by Crippen LogP contribution is -2.38. The lowest BCUT2D eigenvalue weighted by Gasteiger charge is -2.33. The number of likely N-dealkylation sites (N-methyl/N-ethyl adjacent to an activating group) is 1. The number of aryl methyl sites for hydroxylation is 1. The van der Waals surface area contributed by atoms with E-state index in [1.54, 1.807) is 7.11 Å². The topological polar surface area (TPSA) is 38.5 Å². The molecule has 1 aromatic rings. The molecule has 0 fully saturated rings. The fraction of sp³-hybridized carbons (Fsp3) is 0.600. The minimum Gasteiger partial charge on any atom is -0.496 e. The van der Waals surface area contributed by atoms with Gasteiger partial charge in [-0.3, -0.25) is 4.90 Å². The maximum atomic E-state index is 5.97. The minimum absolute atomic E-state index is 0.277. The maximum Gasteiger partial charge on any atom is 0.121 e. The molecular formula is C15H26N2O. The first-order valence-electron chi connectivity index (χ1n) is 6.65. The first-order chi connectivity index (χ1) is 8.54. The SMILES string of the molecule is CCN(C(C)C)C(CN)c1ccc(OC)c(C)c1. The fourth-order valence-electron chi connectivity index (χ4n) is 2.52. The Labute approximate surface area is 111 Å². The van der Waals surface area contributed by atoms with Gasteiger partial charge in [0.25, 0.3) is 0 Å². The van der Waals surface area contributed by atoms with Gasteiger partial charge in [0.1, 0.15) is 5.75 Å². The van der Waals surface area contributed by atoms with E-state index in [1.165, 1.54) is 5.56 Å². The van der Waals surface area contributed by atoms with Crippen molar-refractivity contribution in [2.24, 2.45) is 5.73 Å². The van der Waals surface area contributed by atoms with Crippen molar-refractivity contribution in [3.63, 3.8) is 0 Å². The van der Waals surface area contributed by atoms with Crippen molar-refractivity contribution in [3.05, 3.63) is 29.3 Å². The minimum atomic E-state index is 0.277. The van der Waals surface area contributed by atoms with Crippen LogP contribution in [-0.4, -0.2) is 31.1 Å². The molecule has 0 aliphatic carbocycles. The molecule has 0 aromatic heterocycles. The smallest absolute Gasteiger partial charge is 0.121 e. The van der Waals surface area contributed by atoms with E-state index < -0.39 is 0 Å². The molecule has 0 aliphatic rings. The van der Waals surface area contributed by atoms with Gasteiger partial charge in [0, 0.05) is 18.6 Å². The van der Waals surface area contributed by atoms with Crippen LogP contribution in [0.3, 0.4) is 0 Å². The van der Waals surface area contributed by atoms with E-state index in [1.807, 2.05) is 6.07 Å². The van der Waals surface area contributed by atoms with Crippen molar-refractivity contribution in [1.82, 2.24) is 4.90 Å². The van der Waals surface area contributed by atoms with Crippen molar-refractivity contribution in [3.8, 4) is 5.75 Å². The molecule has 1 aromatic carbocycles. The number of nitrogens with zero attached hydrogens (tertiary/aromatic N) is 1. The predicted molar refractivity (Wildman–Crippen MR) is 77.0 cm³/mol. The highest BCUT2D eigenvalue weighted by Crippen LogP contribution is 2.26. The second-order valence-corrected chi connectivity index (χ2v) is 4.90. The van der Waals surface area contributed by atoms with Gasteiger partial charge in [-0.2, -0.15) is 0 Å². The van der Waals surface area contributed by atoms with E-state index in [0.29, 0.717) is 12.6 Å². The predicted octanol–water partition coefficient (Wildman–Crippen LogP) is 2.73. The van der Waals surface area contributed by atoms with E-state index in [4.69, 9.17) is 10.5 Å². The van der Waals surface area contributed by atoms with E-state index in [0.717, 1.165) is 17.9 Å². The first-order valence-corrected chi connectivity index (χ1v) is 6.65. The maximum absolute atomic E-state index is 5.97. The van der Waals surface area contributed by atoms with Gasteiger partial charge in [-0.05, 0) is 44.5 Å². The summed E-state index contributed by atoms with van der Waals surface area (Å²) in [5, 5.41) is 0. The van der Waals surface area contributed by atoms with Gasteiger partial charge in [-0.25, -0.2) is 0 Å². The summed E-state index contributed by atoms with van der Waals surface area (Å²) in [5.41, 5.74) is 8.40. The summed E-state index contributed by atoms with van der Waals surface area (Å²) in [5.74, 6) is 0.933. The molecule has 0 bridgehead atoms. The quantitative estimate of drug-likeness (QED) is 0.843. The number of ether oxygens (including phenoxy) is 1. The van der Waals surface area contributed by atoms with Crippen molar-refractivity contribution in [2.75, 3.05) is 20.2 Å². The third-order valence-corrected chi connectivity index (χ3v) is 3.46. The van der Waals surface area contributed by atoms with Gasteiger partial charge in [-0.1, -0.05) is 19.1 Å². The second kappa shape index (κ2) is 6.76. The van der Waals surface area contributed by atoms with Gasteiger partial charge < -0.3 is 10.5 Å². The highest BCUT2D eigenvalue weighted by Gasteiger charge is 2.20. The summed E-state index contributed by atoms with van der Waals surface area (Å²) in [7, 11) is 1.70. The molecule has 0 spiro atoms. The Morgan fingerprint density at radius 3 is 2.39 bits per heavy atom. The number of methoxy groups -OCH3 is 1. The van der Waals surface area contributed by atoms with Crippen molar-refractivity contribution < 1.29 is 4.74 Å². The van der Waals surface area contributed by atoms with Crippen LogP contribution in [0.25, 0.3) is 0 Å². The normalized spacial score (nSPS) is 13.1. The summed E-state index contributed by atoms with van der Waals surface area (Å²) in [6, 6.07) is 7.10. The van der Waals surface area contributed by atoms with Crippen LogP contribution in [0.4, 0.5) is 0 Å². The average Bonchev–Trinajstić information content (AvgIpc) is 2.35. The van der Waals surface area contributed by atoms with Gasteiger partial charge in [0.15, 0.2) is 0 Å². The van der Waals surface area contributed by atoms with E-state index in [2.05, 4.69) is 44.7 Å². The summed E-state index contributed by atoms with van der Waals surface area (Å²) in [4.78, 5) is 2.42. The van der Waals surface area contributed by atoms with Gasteiger partial charge in [0.2, 0.25) is 0 Å². The van der Waals surface area contributed by atoms with Crippen LogP contribution in [-0.2, 0) is 0 Å². The van der Waals surface area contributed by atoms with Crippen LogP contribution < -0.4 is 10.5 Å². The van der Waals surface area contributed by atoms with E-state index in [-0.39, 0.29) is 6.04 Å². The van der Waals surface area contributed by atoms with Crippen LogP contribution >= 0.6 is 0 Å². The Kier molecular flexibility index (Phi) is 5.63. The number of hydrogen-bond acceptors (Lipinski definition) is 3. The zero-order chi connectivity index (χ0) is 13.7.